The van der Waals surface area contributed by atoms with Gasteiger partial charge in [-0.1, -0.05) is 6.07 Å². The largest absolute Gasteiger partial charge is 0.478 e. The van der Waals surface area contributed by atoms with E-state index in [1.54, 1.807) is 12.4 Å². The molecule has 2 N–H and O–H groups in total. The molecule has 5 nitrogen and oxygen atoms in total. The van der Waals surface area contributed by atoms with E-state index < -0.39 is 5.97 Å². The summed E-state index contributed by atoms with van der Waals surface area (Å²) >= 11 is 0. The van der Waals surface area contributed by atoms with Gasteiger partial charge in [0, 0.05) is 36.2 Å². The molecule has 3 heterocycles. The summed E-state index contributed by atoms with van der Waals surface area (Å²) in [6.07, 6.45) is 5.68. The lowest BCUT2D eigenvalue weighted by atomic mass is 10.1. The van der Waals surface area contributed by atoms with Crippen molar-refractivity contribution in [1.82, 2.24) is 14.6 Å². The van der Waals surface area contributed by atoms with Crippen molar-refractivity contribution in [3.05, 3.63) is 59.7 Å². The molecule has 0 fully saturated rings. The van der Waals surface area contributed by atoms with E-state index in [-0.39, 0.29) is 0 Å². The molecular formula is C13H11N3O2. The lowest BCUT2D eigenvalue weighted by Gasteiger charge is -2.00. The first kappa shape index (κ1) is 10.6. The number of aromatic nitrogens is 3. The monoisotopic (exact) mass is 241 g/mol. The Morgan fingerprint density at radius 2 is 2.28 bits per heavy atom. The Labute approximate surface area is 103 Å². The van der Waals surface area contributed by atoms with Crippen molar-refractivity contribution in [2.45, 2.75) is 6.42 Å². The molecule has 0 aliphatic heterocycles. The standard InChI is InChI=1S/C13H11N3O2/c17-13(18)11-8-16-6-2-1-3-12(16)10(11)7-9-4-5-14-15-9/h1-6,8H,7H2,(H,14,15)(H,17,18). The number of nitrogens with one attached hydrogen (secondary N) is 1. The number of pyridine rings is 1. The van der Waals surface area contributed by atoms with Crippen molar-refractivity contribution in [3.8, 4) is 0 Å². The molecule has 18 heavy (non-hydrogen) atoms. The molecule has 0 spiro atoms. The summed E-state index contributed by atoms with van der Waals surface area (Å²) in [6.45, 7) is 0. The number of fused-ring (bicyclic) bond motifs is 1. The van der Waals surface area contributed by atoms with Crippen LogP contribution in [0.1, 0.15) is 21.6 Å². The smallest absolute Gasteiger partial charge is 0.337 e. The highest BCUT2D eigenvalue weighted by molar-refractivity contribution is 5.92. The van der Waals surface area contributed by atoms with E-state index in [9.17, 15) is 9.90 Å². The summed E-state index contributed by atoms with van der Waals surface area (Å²) in [7, 11) is 0. The molecule has 0 atom stereocenters. The summed E-state index contributed by atoms with van der Waals surface area (Å²) in [4.78, 5) is 11.3. The van der Waals surface area contributed by atoms with E-state index in [0.29, 0.717) is 12.0 Å². The topological polar surface area (TPSA) is 70.4 Å². The van der Waals surface area contributed by atoms with E-state index >= 15 is 0 Å². The molecule has 0 saturated carbocycles. The number of aromatic amines is 1. The van der Waals surface area contributed by atoms with Crippen LogP contribution in [0.3, 0.4) is 0 Å². The molecule has 0 unspecified atom stereocenters. The summed E-state index contributed by atoms with van der Waals surface area (Å²) < 4.78 is 1.83. The van der Waals surface area contributed by atoms with E-state index in [1.165, 1.54) is 0 Å². The third kappa shape index (κ3) is 1.66. The fourth-order valence-electron chi connectivity index (χ4n) is 2.12. The minimum absolute atomic E-state index is 0.329. The summed E-state index contributed by atoms with van der Waals surface area (Å²) in [5.41, 5.74) is 2.93. The van der Waals surface area contributed by atoms with Gasteiger partial charge in [0.15, 0.2) is 0 Å². The average molecular weight is 241 g/mol. The van der Waals surface area contributed by atoms with Gasteiger partial charge in [-0.3, -0.25) is 5.10 Å². The molecule has 90 valence electrons. The molecule has 0 saturated heterocycles. The van der Waals surface area contributed by atoms with Gasteiger partial charge in [0.1, 0.15) is 0 Å². The van der Waals surface area contributed by atoms with Gasteiger partial charge in [0.2, 0.25) is 0 Å². The van der Waals surface area contributed by atoms with Crippen molar-refractivity contribution in [2.75, 3.05) is 0 Å². The van der Waals surface area contributed by atoms with Gasteiger partial charge in [-0.15, -0.1) is 0 Å². The molecule has 3 aromatic heterocycles. The Bertz CT molecular complexity index is 698. The maximum atomic E-state index is 11.3. The van der Waals surface area contributed by atoms with Crippen LogP contribution >= 0.6 is 0 Å². The molecular weight excluding hydrogens is 230 g/mol. The van der Waals surface area contributed by atoms with Crippen molar-refractivity contribution in [3.63, 3.8) is 0 Å². The highest BCUT2D eigenvalue weighted by Gasteiger charge is 2.16. The second-order valence-corrected chi connectivity index (χ2v) is 4.08. The van der Waals surface area contributed by atoms with Crippen LogP contribution in [-0.4, -0.2) is 25.7 Å². The third-order valence-electron chi connectivity index (χ3n) is 2.95. The van der Waals surface area contributed by atoms with Crippen molar-refractivity contribution < 1.29 is 9.90 Å². The average Bonchev–Trinajstić information content (AvgIpc) is 2.98. The van der Waals surface area contributed by atoms with Gasteiger partial charge in [-0.2, -0.15) is 5.10 Å². The van der Waals surface area contributed by atoms with E-state index in [1.807, 2.05) is 34.9 Å². The molecule has 0 aliphatic carbocycles. The first-order chi connectivity index (χ1) is 8.75. The Hall–Kier alpha value is -2.56. The number of H-pyrrole nitrogens is 1. The maximum absolute atomic E-state index is 11.3. The Kier molecular flexibility index (Phi) is 2.37. The lowest BCUT2D eigenvalue weighted by Crippen LogP contribution is -2.00. The van der Waals surface area contributed by atoms with Crippen LogP contribution in [0.2, 0.25) is 0 Å². The van der Waals surface area contributed by atoms with Gasteiger partial charge < -0.3 is 9.51 Å². The number of aromatic carboxylic acids is 1. The van der Waals surface area contributed by atoms with Gasteiger partial charge in [0.25, 0.3) is 0 Å². The number of hydrogen-bond donors (Lipinski definition) is 2. The minimum Gasteiger partial charge on any atom is -0.478 e. The zero-order valence-corrected chi connectivity index (χ0v) is 9.50. The zero-order valence-electron chi connectivity index (χ0n) is 9.50. The minimum atomic E-state index is -0.909. The Balaban J connectivity index is 2.18. The van der Waals surface area contributed by atoms with E-state index in [2.05, 4.69) is 10.2 Å². The van der Waals surface area contributed by atoms with E-state index in [4.69, 9.17) is 0 Å². The predicted molar refractivity (Wildman–Crippen MR) is 65.8 cm³/mol. The summed E-state index contributed by atoms with van der Waals surface area (Å²) in [6, 6.07) is 7.53. The first-order valence-electron chi connectivity index (χ1n) is 5.56. The molecule has 0 radical (unpaired) electrons. The van der Waals surface area contributed by atoms with Crippen molar-refractivity contribution in [1.29, 1.82) is 0 Å². The van der Waals surface area contributed by atoms with Crippen LogP contribution in [0.15, 0.2) is 42.9 Å². The highest BCUT2D eigenvalue weighted by Crippen LogP contribution is 2.21. The molecule has 3 aromatic rings. The number of rotatable bonds is 3. The SMILES string of the molecule is O=C(O)c1cn2ccccc2c1Cc1ccn[nH]1. The predicted octanol–water partition coefficient (Wildman–Crippen LogP) is 1.95. The number of carboxylic acids is 1. The van der Waals surface area contributed by atoms with Gasteiger partial charge >= 0.3 is 5.97 Å². The quantitative estimate of drug-likeness (QED) is 0.736. The maximum Gasteiger partial charge on any atom is 0.337 e. The fraction of sp³-hybridized carbons (Fsp3) is 0.0769. The van der Waals surface area contributed by atoms with Crippen LogP contribution in [-0.2, 0) is 6.42 Å². The lowest BCUT2D eigenvalue weighted by molar-refractivity contribution is 0.0696. The second kappa shape index (κ2) is 4.03. The van der Waals surface area contributed by atoms with Crippen LogP contribution in [0.4, 0.5) is 0 Å². The number of hydrogen-bond acceptors (Lipinski definition) is 2. The van der Waals surface area contributed by atoms with E-state index in [0.717, 1.165) is 16.8 Å². The molecule has 0 aromatic carbocycles. The first-order valence-corrected chi connectivity index (χ1v) is 5.56. The zero-order chi connectivity index (χ0) is 12.5. The molecule has 3 rings (SSSR count). The Morgan fingerprint density at radius 1 is 1.39 bits per heavy atom. The normalized spacial score (nSPS) is 10.9. The van der Waals surface area contributed by atoms with Gasteiger partial charge in [0.05, 0.1) is 5.56 Å². The second-order valence-electron chi connectivity index (χ2n) is 4.08. The summed E-state index contributed by atoms with van der Waals surface area (Å²) in [5, 5.41) is 16.0. The molecule has 0 amide bonds. The number of nitrogens with zero attached hydrogens (tertiary/aromatic N) is 2. The number of carbonyl (C=O) groups is 1. The van der Waals surface area contributed by atoms with Crippen LogP contribution in [0.25, 0.3) is 5.52 Å². The molecule has 5 heteroatoms. The third-order valence-corrected chi connectivity index (χ3v) is 2.95. The molecule has 0 bridgehead atoms. The number of carboxylic acid groups (broad SMARTS) is 1. The van der Waals surface area contributed by atoms with Gasteiger partial charge in [-0.25, -0.2) is 4.79 Å². The summed E-state index contributed by atoms with van der Waals surface area (Å²) in [5.74, 6) is -0.909. The van der Waals surface area contributed by atoms with Crippen LogP contribution in [0.5, 0.6) is 0 Å². The van der Waals surface area contributed by atoms with Crippen LogP contribution < -0.4 is 0 Å². The van der Waals surface area contributed by atoms with Crippen LogP contribution in [0, 0.1) is 0 Å². The fourth-order valence-corrected chi connectivity index (χ4v) is 2.12. The van der Waals surface area contributed by atoms with Gasteiger partial charge in [-0.05, 0) is 23.8 Å². The van der Waals surface area contributed by atoms with Crippen molar-refractivity contribution >= 4 is 11.5 Å². The van der Waals surface area contributed by atoms with Crippen molar-refractivity contribution in [2.24, 2.45) is 0 Å². The highest BCUT2D eigenvalue weighted by atomic mass is 16.4. The molecule has 0 aliphatic rings. The Morgan fingerprint density at radius 3 is 3.00 bits per heavy atom.